The van der Waals surface area contributed by atoms with Gasteiger partial charge < -0.3 is 0 Å². The van der Waals surface area contributed by atoms with Gasteiger partial charge in [0.2, 0.25) is 0 Å². The predicted octanol–water partition coefficient (Wildman–Crippen LogP) is 3.56. The standard InChI is InChI=1S/C24H21O3P.Rh/c1-18(25)16-19(26)17-23(27)22-14-8-9-15-24(22)28(20-10-4-2-5-11-20)21-12-6-3-7-13-21;/h2-15H,16-17H2,1H3;. The van der Waals surface area contributed by atoms with Crippen LogP contribution in [0.4, 0.5) is 0 Å². The first-order chi connectivity index (χ1) is 13.6. The minimum absolute atomic E-state index is 0. The SMILES string of the molecule is CC(=O)CC(=O)CC(=O)c1ccccc1P(c1ccccc1)c1ccccc1.[Rh]. The number of rotatable bonds is 8. The Kier molecular flexibility index (Phi) is 8.77. The van der Waals surface area contributed by atoms with Crippen molar-refractivity contribution < 1.29 is 33.9 Å². The maximum absolute atomic E-state index is 12.9. The second-order valence-corrected chi connectivity index (χ2v) is 8.73. The molecule has 0 spiro atoms. The average molecular weight is 491 g/mol. The van der Waals surface area contributed by atoms with Crippen molar-refractivity contribution in [1.82, 2.24) is 0 Å². The smallest absolute Gasteiger partial charge is 0.170 e. The van der Waals surface area contributed by atoms with E-state index in [2.05, 4.69) is 24.3 Å². The summed E-state index contributed by atoms with van der Waals surface area (Å²) >= 11 is 0. The Balaban J connectivity index is 0.00000300. The summed E-state index contributed by atoms with van der Waals surface area (Å²) in [7, 11) is -0.940. The van der Waals surface area contributed by atoms with Crippen LogP contribution in [-0.2, 0) is 29.1 Å². The minimum atomic E-state index is -0.940. The molecule has 0 aliphatic heterocycles. The molecule has 0 heterocycles. The molecule has 0 aromatic heterocycles. The Hall–Kier alpha value is -2.28. The maximum atomic E-state index is 12.9. The molecule has 5 heteroatoms. The van der Waals surface area contributed by atoms with Crippen molar-refractivity contribution in [3.63, 3.8) is 0 Å². The van der Waals surface area contributed by atoms with Crippen molar-refractivity contribution in [2.24, 2.45) is 0 Å². The van der Waals surface area contributed by atoms with Gasteiger partial charge in [0.15, 0.2) is 5.78 Å². The molecule has 0 bridgehead atoms. The molecule has 3 nitrogen and oxygen atoms in total. The zero-order chi connectivity index (χ0) is 19.9. The van der Waals surface area contributed by atoms with Crippen LogP contribution in [-0.4, -0.2) is 17.3 Å². The predicted molar refractivity (Wildman–Crippen MR) is 114 cm³/mol. The third kappa shape index (κ3) is 6.10. The molecule has 0 N–H and O–H groups in total. The summed E-state index contributed by atoms with van der Waals surface area (Å²) in [4.78, 5) is 36.1. The molecule has 0 unspecified atom stereocenters. The van der Waals surface area contributed by atoms with Crippen LogP contribution >= 0.6 is 7.92 Å². The quantitative estimate of drug-likeness (QED) is 0.210. The summed E-state index contributed by atoms with van der Waals surface area (Å²) in [5, 5.41) is 3.20. The number of carbonyl (C=O) groups is 3. The zero-order valence-corrected chi connectivity index (χ0v) is 18.5. The van der Waals surface area contributed by atoms with Gasteiger partial charge >= 0.3 is 0 Å². The van der Waals surface area contributed by atoms with Gasteiger partial charge in [-0.2, -0.15) is 0 Å². The van der Waals surface area contributed by atoms with Crippen molar-refractivity contribution in [2.45, 2.75) is 19.8 Å². The molecule has 1 radical (unpaired) electrons. The Morgan fingerprint density at radius 2 is 1.17 bits per heavy atom. The summed E-state index contributed by atoms with van der Waals surface area (Å²) in [6.45, 7) is 1.36. The fraction of sp³-hybridized carbons (Fsp3) is 0.125. The van der Waals surface area contributed by atoms with Gasteiger partial charge in [0.1, 0.15) is 11.6 Å². The Morgan fingerprint density at radius 3 is 1.69 bits per heavy atom. The number of hydrogen-bond donors (Lipinski definition) is 0. The van der Waals surface area contributed by atoms with Gasteiger partial charge in [0.05, 0.1) is 12.8 Å². The van der Waals surface area contributed by atoms with Crippen LogP contribution in [0.5, 0.6) is 0 Å². The maximum Gasteiger partial charge on any atom is 0.170 e. The first-order valence-electron chi connectivity index (χ1n) is 9.10. The number of carbonyl (C=O) groups excluding carboxylic acids is 3. The summed E-state index contributed by atoms with van der Waals surface area (Å²) in [6.07, 6.45) is -0.441. The summed E-state index contributed by atoms with van der Waals surface area (Å²) in [6, 6.07) is 27.7. The van der Waals surface area contributed by atoms with E-state index in [1.165, 1.54) is 6.92 Å². The topological polar surface area (TPSA) is 51.2 Å². The molecule has 0 saturated carbocycles. The van der Waals surface area contributed by atoms with E-state index in [0.717, 1.165) is 15.9 Å². The van der Waals surface area contributed by atoms with Gasteiger partial charge in [-0.25, -0.2) is 0 Å². The molecule has 3 rings (SSSR count). The van der Waals surface area contributed by atoms with Crippen molar-refractivity contribution in [2.75, 3.05) is 0 Å². The van der Waals surface area contributed by atoms with Crippen LogP contribution in [0, 0.1) is 0 Å². The molecular formula is C24H21O3PRh. The van der Waals surface area contributed by atoms with Gasteiger partial charge in [-0.15, -0.1) is 0 Å². The molecule has 0 aliphatic rings. The fourth-order valence-electron chi connectivity index (χ4n) is 3.10. The van der Waals surface area contributed by atoms with Crippen molar-refractivity contribution in [3.8, 4) is 0 Å². The second-order valence-electron chi connectivity index (χ2n) is 6.54. The zero-order valence-electron chi connectivity index (χ0n) is 16.0. The van der Waals surface area contributed by atoms with E-state index >= 15 is 0 Å². The van der Waals surface area contributed by atoms with Crippen LogP contribution in [0.2, 0.25) is 0 Å². The Bertz CT molecular complexity index is 948. The normalized spacial score (nSPS) is 10.3. The molecule has 0 aliphatic carbocycles. The average Bonchev–Trinajstić information content (AvgIpc) is 2.69. The van der Waals surface area contributed by atoms with Crippen molar-refractivity contribution >= 4 is 41.2 Å². The molecule has 3 aromatic carbocycles. The molecule has 0 fully saturated rings. The number of ketones is 3. The van der Waals surface area contributed by atoms with Crippen LogP contribution in [0.1, 0.15) is 30.1 Å². The van der Waals surface area contributed by atoms with Crippen molar-refractivity contribution in [3.05, 3.63) is 90.5 Å². The van der Waals surface area contributed by atoms with Crippen LogP contribution in [0.25, 0.3) is 0 Å². The Labute approximate surface area is 185 Å². The molecule has 0 amide bonds. The van der Waals surface area contributed by atoms with E-state index in [0.29, 0.717) is 5.56 Å². The first kappa shape index (κ1) is 23.0. The molecule has 149 valence electrons. The molecular weight excluding hydrogens is 470 g/mol. The van der Waals surface area contributed by atoms with Gasteiger partial charge in [0, 0.05) is 25.0 Å². The Morgan fingerprint density at radius 1 is 0.690 bits per heavy atom. The van der Waals surface area contributed by atoms with E-state index in [4.69, 9.17) is 0 Å². The number of hydrogen-bond acceptors (Lipinski definition) is 3. The summed E-state index contributed by atoms with van der Waals surface area (Å²) in [5.74, 6) is -0.792. The van der Waals surface area contributed by atoms with E-state index < -0.39 is 7.92 Å². The molecule has 0 atom stereocenters. The fourth-order valence-corrected chi connectivity index (χ4v) is 5.57. The largest absolute Gasteiger partial charge is 0.300 e. The third-order valence-electron chi connectivity index (χ3n) is 4.28. The van der Waals surface area contributed by atoms with Gasteiger partial charge in [-0.3, -0.25) is 14.4 Å². The van der Waals surface area contributed by atoms with E-state index in [1.54, 1.807) is 6.07 Å². The van der Waals surface area contributed by atoms with Crippen molar-refractivity contribution in [1.29, 1.82) is 0 Å². The first-order valence-corrected chi connectivity index (χ1v) is 10.4. The van der Waals surface area contributed by atoms with Gasteiger partial charge in [0.25, 0.3) is 0 Å². The molecule has 0 saturated heterocycles. The number of benzene rings is 3. The van der Waals surface area contributed by atoms with Crippen LogP contribution in [0.3, 0.4) is 0 Å². The van der Waals surface area contributed by atoms with Crippen LogP contribution < -0.4 is 15.9 Å². The van der Waals surface area contributed by atoms with Gasteiger partial charge in [-0.1, -0.05) is 84.9 Å². The monoisotopic (exact) mass is 491 g/mol. The number of Topliss-reactive ketones (excluding diaryl/α,β-unsaturated/α-hetero) is 3. The molecule has 3 aromatic rings. The second kappa shape index (κ2) is 11.0. The van der Waals surface area contributed by atoms with Gasteiger partial charge in [-0.05, 0) is 30.8 Å². The molecule has 29 heavy (non-hydrogen) atoms. The van der Waals surface area contributed by atoms with Crippen LogP contribution in [0.15, 0.2) is 84.9 Å². The minimum Gasteiger partial charge on any atom is -0.300 e. The van der Waals surface area contributed by atoms with E-state index in [9.17, 15) is 14.4 Å². The van der Waals surface area contributed by atoms with E-state index in [-0.39, 0.29) is 49.7 Å². The summed E-state index contributed by atoms with van der Waals surface area (Å²) in [5.41, 5.74) is 0.554. The third-order valence-corrected chi connectivity index (χ3v) is 6.78. The summed E-state index contributed by atoms with van der Waals surface area (Å²) < 4.78 is 0. The van der Waals surface area contributed by atoms with E-state index in [1.807, 2.05) is 54.6 Å².